The number of carboxylic acid groups (broad SMARTS) is 1. The lowest BCUT2D eigenvalue weighted by Gasteiger charge is -2.72. The third kappa shape index (κ3) is 7.97. The van der Waals surface area contributed by atoms with Gasteiger partial charge in [-0.3, -0.25) is 9.59 Å². The lowest BCUT2D eigenvalue weighted by molar-refractivity contribution is -0.246. The number of unbranched alkanes of at least 4 members (excludes halogenated alkanes) is 7. The molecule has 4 N–H and O–H groups in total. The highest BCUT2D eigenvalue weighted by Gasteiger charge is 2.71. The fourth-order valence-corrected chi connectivity index (χ4v) is 14.3. The molecule has 7 heteroatoms. The number of carbonyl (C=O) groups excluding carboxylic acids is 2. The van der Waals surface area contributed by atoms with E-state index in [-0.39, 0.29) is 45.0 Å². The van der Waals surface area contributed by atoms with Crippen LogP contribution in [0.3, 0.4) is 0 Å². The topological polar surface area (TPSA) is 116 Å². The minimum atomic E-state index is -0.956. The summed E-state index contributed by atoms with van der Waals surface area (Å²) in [7, 11) is 0. The number of aliphatic carboxylic acids is 1. The van der Waals surface area contributed by atoms with Crippen LogP contribution in [0.15, 0.2) is 12.2 Å². The molecule has 5 fully saturated rings. The third-order valence-electron chi connectivity index (χ3n) is 17.5. The molecule has 308 valence electrons. The molecule has 0 spiro atoms. The molecule has 0 aromatic carbocycles. The van der Waals surface area contributed by atoms with Crippen LogP contribution in [-0.4, -0.2) is 46.7 Å². The van der Waals surface area contributed by atoms with E-state index in [9.17, 15) is 24.6 Å². The van der Waals surface area contributed by atoms with E-state index in [0.717, 1.165) is 90.0 Å². The molecule has 7 nitrogen and oxygen atoms in total. The van der Waals surface area contributed by atoms with Crippen molar-refractivity contribution in [3.8, 4) is 0 Å². The van der Waals surface area contributed by atoms with Gasteiger partial charge in [-0.15, -0.1) is 0 Å². The maximum atomic E-state index is 14.5. The maximum Gasteiger partial charge on any atom is 0.326 e. The smallest absolute Gasteiger partial charge is 0.326 e. The van der Waals surface area contributed by atoms with Gasteiger partial charge in [0.05, 0.1) is 11.5 Å². The number of rotatable bonds is 17. The van der Waals surface area contributed by atoms with Gasteiger partial charge in [-0.2, -0.15) is 0 Å². The Labute approximate surface area is 329 Å². The van der Waals surface area contributed by atoms with Crippen LogP contribution in [0.1, 0.15) is 184 Å². The standard InChI is InChI=1S/C47H80N2O5/c1-31(2)30-35(41(52)53)49-39(51)18-16-14-12-10-11-13-15-17-29-48-42(54)47-26-21-33(32(3)4)40(47)34-19-20-37-44(7)24-23-38(50)43(5,6)36(44)22-25-46(37,9)45(34,8)27-28-47/h31,33-38,40,50H,3,10-30H2,1-2,4-9H3,(H,48,54)(H,49,51)(H,52,53)/t33-,34+,35-,36-,37+,38-,40+,44-,45+,46+,47-/m0/s1. The summed E-state index contributed by atoms with van der Waals surface area (Å²) in [6.45, 7) is 24.0. The molecule has 5 rings (SSSR count). The van der Waals surface area contributed by atoms with Gasteiger partial charge in [0.15, 0.2) is 0 Å². The second-order valence-electron chi connectivity index (χ2n) is 21.1. The van der Waals surface area contributed by atoms with Gasteiger partial charge in [0.25, 0.3) is 0 Å². The first-order valence-corrected chi connectivity index (χ1v) is 22.5. The number of carbonyl (C=O) groups is 3. The van der Waals surface area contributed by atoms with E-state index >= 15 is 0 Å². The average Bonchev–Trinajstić information content (AvgIpc) is 3.50. The molecule has 5 aliphatic carbocycles. The van der Waals surface area contributed by atoms with E-state index < -0.39 is 12.0 Å². The number of aliphatic hydroxyl groups excluding tert-OH is 1. The number of fused-ring (bicyclic) bond motifs is 7. The zero-order valence-corrected chi connectivity index (χ0v) is 35.8. The van der Waals surface area contributed by atoms with Gasteiger partial charge in [-0.25, -0.2) is 4.79 Å². The monoisotopic (exact) mass is 753 g/mol. The van der Waals surface area contributed by atoms with Crippen LogP contribution in [-0.2, 0) is 14.4 Å². The van der Waals surface area contributed by atoms with Gasteiger partial charge in [0, 0.05) is 13.0 Å². The highest BCUT2D eigenvalue weighted by molar-refractivity contribution is 5.84. The molecule has 0 heterocycles. The van der Waals surface area contributed by atoms with E-state index in [1.54, 1.807) is 0 Å². The SMILES string of the molecule is C=C(C)[C@@H]1CC[C@]2(C(=O)NCCCCCCCCCCC(=O)N[C@@H](CC(C)C)C(=O)O)CC[C@]3(C)[C@H](CC[C@@H]4[C@@]5(C)CC[C@H](O)C(C)(C)[C@@H]5CC[C@]43C)[C@@H]12. The summed E-state index contributed by atoms with van der Waals surface area (Å²) in [6.07, 6.45) is 20.4. The Hall–Kier alpha value is -1.89. The van der Waals surface area contributed by atoms with Gasteiger partial charge in [-0.1, -0.05) is 99.1 Å². The average molecular weight is 753 g/mol. The molecule has 5 saturated carbocycles. The third-order valence-corrected chi connectivity index (χ3v) is 17.5. The molecular formula is C47H80N2O5. The van der Waals surface area contributed by atoms with Crippen LogP contribution in [0.4, 0.5) is 0 Å². The second kappa shape index (κ2) is 16.9. The largest absolute Gasteiger partial charge is 0.480 e. The minimum absolute atomic E-state index is 0.0344. The van der Waals surface area contributed by atoms with Crippen LogP contribution >= 0.6 is 0 Å². The van der Waals surface area contributed by atoms with Crippen LogP contribution in [0.2, 0.25) is 0 Å². The molecule has 0 unspecified atom stereocenters. The van der Waals surface area contributed by atoms with Crippen molar-refractivity contribution in [2.24, 2.45) is 62.6 Å². The second-order valence-corrected chi connectivity index (χ2v) is 21.1. The summed E-state index contributed by atoms with van der Waals surface area (Å²) in [4.78, 5) is 38.1. The molecule has 0 saturated heterocycles. The molecule has 0 aliphatic heterocycles. The molecule has 0 bridgehead atoms. The Kier molecular flexibility index (Phi) is 13.5. The highest BCUT2D eigenvalue weighted by Crippen LogP contribution is 2.77. The summed E-state index contributed by atoms with van der Waals surface area (Å²) in [5, 5.41) is 26.6. The number of amides is 2. The summed E-state index contributed by atoms with van der Waals surface area (Å²) in [5.41, 5.74) is 1.69. The molecule has 11 atom stereocenters. The number of nitrogens with one attached hydrogen (secondary N) is 2. The van der Waals surface area contributed by atoms with Crippen LogP contribution in [0, 0.1) is 62.6 Å². The fraction of sp³-hybridized carbons (Fsp3) is 0.894. The van der Waals surface area contributed by atoms with Crippen LogP contribution in [0.5, 0.6) is 0 Å². The quantitative estimate of drug-likeness (QED) is 0.0872. The molecule has 5 aliphatic rings. The van der Waals surface area contributed by atoms with E-state index in [1.807, 2.05) is 13.8 Å². The van der Waals surface area contributed by atoms with Gasteiger partial charge in [0.2, 0.25) is 11.8 Å². The summed E-state index contributed by atoms with van der Waals surface area (Å²) >= 11 is 0. The van der Waals surface area contributed by atoms with Gasteiger partial charge in [0.1, 0.15) is 6.04 Å². The number of allylic oxidation sites excluding steroid dienone is 1. The predicted octanol–water partition coefficient (Wildman–Crippen LogP) is 10.2. The number of carboxylic acids is 1. The first-order chi connectivity index (χ1) is 25.3. The van der Waals surface area contributed by atoms with Crippen LogP contribution < -0.4 is 10.6 Å². The van der Waals surface area contributed by atoms with E-state index in [1.165, 1.54) is 37.7 Å². The predicted molar refractivity (Wildman–Crippen MR) is 219 cm³/mol. The molecule has 0 aromatic heterocycles. The molecule has 0 radical (unpaired) electrons. The number of hydrogen-bond donors (Lipinski definition) is 4. The lowest BCUT2D eigenvalue weighted by Crippen LogP contribution is -2.67. The molecular weight excluding hydrogens is 673 g/mol. The van der Waals surface area contributed by atoms with Crippen molar-refractivity contribution in [3.05, 3.63) is 12.2 Å². The van der Waals surface area contributed by atoms with Crippen molar-refractivity contribution in [3.63, 3.8) is 0 Å². The zero-order chi connectivity index (χ0) is 39.7. The summed E-state index contributed by atoms with van der Waals surface area (Å²) in [5.74, 6) is 2.02. The van der Waals surface area contributed by atoms with Crippen molar-refractivity contribution in [1.82, 2.24) is 10.6 Å². The highest BCUT2D eigenvalue weighted by atomic mass is 16.4. The number of hydrogen-bond acceptors (Lipinski definition) is 4. The van der Waals surface area contributed by atoms with E-state index in [0.29, 0.717) is 48.3 Å². The first-order valence-electron chi connectivity index (χ1n) is 22.5. The van der Waals surface area contributed by atoms with Crippen molar-refractivity contribution in [2.75, 3.05) is 6.54 Å². The van der Waals surface area contributed by atoms with Gasteiger partial charge >= 0.3 is 5.97 Å². The molecule has 0 aromatic rings. The van der Waals surface area contributed by atoms with Crippen molar-refractivity contribution < 1.29 is 24.6 Å². The Morgan fingerprint density at radius 2 is 1.41 bits per heavy atom. The molecule has 2 amide bonds. The normalized spacial score (nSPS) is 38.7. The van der Waals surface area contributed by atoms with Crippen molar-refractivity contribution in [1.29, 1.82) is 0 Å². The van der Waals surface area contributed by atoms with E-state index in [2.05, 4.69) is 58.8 Å². The summed E-state index contributed by atoms with van der Waals surface area (Å²) < 4.78 is 0. The van der Waals surface area contributed by atoms with Gasteiger partial charge in [-0.05, 0) is 148 Å². The Balaban J connectivity index is 1.10. The fourth-order valence-electron chi connectivity index (χ4n) is 14.3. The lowest BCUT2D eigenvalue weighted by atomic mass is 9.32. The Bertz CT molecular complexity index is 1360. The van der Waals surface area contributed by atoms with Crippen molar-refractivity contribution >= 4 is 17.8 Å². The molecule has 54 heavy (non-hydrogen) atoms. The Morgan fingerprint density at radius 1 is 0.759 bits per heavy atom. The van der Waals surface area contributed by atoms with E-state index in [4.69, 9.17) is 0 Å². The first kappa shape index (κ1) is 43.2. The minimum Gasteiger partial charge on any atom is -0.480 e. The van der Waals surface area contributed by atoms with Crippen LogP contribution in [0.25, 0.3) is 0 Å². The maximum absolute atomic E-state index is 14.5. The Morgan fingerprint density at radius 3 is 2.04 bits per heavy atom. The van der Waals surface area contributed by atoms with Gasteiger partial charge < -0.3 is 20.8 Å². The summed E-state index contributed by atoms with van der Waals surface area (Å²) in [6, 6.07) is -0.794. The zero-order valence-electron chi connectivity index (χ0n) is 35.8. The van der Waals surface area contributed by atoms with Crippen molar-refractivity contribution in [2.45, 2.75) is 196 Å². The number of aliphatic hydroxyl groups is 1.